The standard InChI is InChI=1S/C22H22N2O/c1-15-7-9-17(10-8-15)11-12-21(25)24-14-13-19-18-5-3-4-6-20(18)23-22(19)16(24)2/h3-12,16,23H,13-14H2,1-2H3/b12-11+. The fourth-order valence-corrected chi connectivity index (χ4v) is 3.67. The normalized spacial score (nSPS) is 17.2. The molecule has 3 heteroatoms. The number of nitrogens with zero attached hydrogens (tertiary/aromatic N) is 1. The number of aromatic nitrogens is 1. The highest BCUT2D eigenvalue weighted by Crippen LogP contribution is 2.34. The van der Waals surface area contributed by atoms with Crippen molar-refractivity contribution in [3.8, 4) is 0 Å². The van der Waals surface area contributed by atoms with Crippen molar-refractivity contribution >= 4 is 22.9 Å². The molecule has 1 aliphatic heterocycles. The third-order valence-electron chi connectivity index (χ3n) is 5.11. The lowest BCUT2D eigenvalue weighted by Gasteiger charge is -2.32. The third kappa shape index (κ3) is 2.86. The van der Waals surface area contributed by atoms with Crippen LogP contribution in [0.3, 0.4) is 0 Å². The highest BCUT2D eigenvalue weighted by Gasteiger charge is 2.29. The molecule has 2 aromatic carbocycles. The lowest BCUT2D eigenvalue weighted by Crippen LogP contribution is -2.37. The van der Waals surface area contributed by atoms with E-state index < -0.39 is 0 Å². The predicted octanol–water partition coefficient (Wildman–Crippen LogP) is 4.64. The van der Waals surface area contributed by atoms with Crippen molar-refractivity contribution in [3.05, 3.63) is 77.0 Å². The van der Waals surface area contributed by atoms with Gasteiger partial charge in [0.05, 0.1) is 6.04 Å². The molecule has 0 saturated carbocycles. The number of aromatic amines is 1. The number of benzene rings is 2. The lowest BCUT2D eigenvalue weighted by molar-refractivity contribution is -0.128. The summed E-state index contributed by atoms with van der Waals surface area (Å²) in [6, 6.07) is 16.6. The smallest absolute Gasteiger partial charge is 0.247 e. The van der Waals surface area contributed by atoms with E-state index in [4.69, 9.17) is 0 Å². The monoisotopic (exact) mass is 330 g/mol. The zero-order chi connectivity index (χ0) is 17.4. The Kier molecular flexibility index (Phi) is 3.92. The minimum atomic E-state index is 0.0614. The maximum absolute atomic E-state index is 12.7. The fourth-order valence-electron chi connectivity index (χ4n) is 3.67. The SMILES string of the molecule is Cc1ccc(/C=C/C(=O)N2CCc3c([nH]c4ccccc34)C2C)cc1. The van der Waals surface area contributed by atoms with E-state index >= 15 is 0 Å². The van der Waals surface area contributed by atoms with Crippen molar-refractivity contribution in [1.29, 1.82) is 0 Å². The summed E-state index contributed by atoms with van der Waals surface area (Å²) in [5.41, 5.74) is 5.96. The van der Waals surface area contributed by atoms with Gasteiger partial charge in [-0.25, -0.2) is 0 Å². The average Bonchev–Trinajstić information content (AvgIpc) is 3.01. The Bertz CT molecular complexity index is 950. The van der Waals surface area contributed by atoms with Gasteiger partial charge in [0.25, 0.3) is 0 Å². The van der Waals surface area contributed by atoms with Crippen LogP contribution >= 0.6 is 0 Å². The van der Waals surface area contributed by atoms with Crippen LogP contribution in [0, 0.1) is 6.92 Å². The molecule has 0 radical (unpaired) electrons. The van der Waals surface area contributed by atoms with Crippen LogP contribution in [0.4, 0.5) is 0 Å². The van der Waals surface area contributed by atoms with Gasteiger partial charge in [-0.15, -0.1) is 0 Å². The fraction of sp³-hybridized carbons (Fsp3) is 0.227. The van der Waals surface area contributed by atoms with Gasteiger partial charge in [-0.3, -0.25) is 4.79 Å². The number of hydrogen-bond donors (Lipinski definition) is 1. The van der Waals surface area contributed by atoms with E-state index in [1.165, 1.54) is 22.2 Å². The van der Waals surface area contributed by atoms with E-state index in [2.05, 4.69) is 49.2 Å². The molecule has 126 valence electrons. The molecule has 2 heterocycles. The largest absolute Gasteiger partial charge is 0.356 e. The molecule has 1 unspecified atom stereocenters. The highest BCUT2D eigenvalue weighted by molar-refractivity contribution is 5.93. The second-order valence-corrected chi connectivity index (χ2v) is 6.76. The highest BCUT2D eigenvalue weighted by atomic mass is 16.2. The number of aryl methyl sites for hydroxylation is 1. The molecule has 0 aliphatic carbocycles. The second kappa shape index (κ2) is 6.25. The van der Waals surface area contributed by atoms with Gasteiger partial charge in [0.2, 0.25) is 5.91 Å². The number of amides is 1. The summed E-state index contributed by atoms with van der Waals surface area (Å²) in [6.07, 6.45) is 4.48. The number of nitrogens with one attached hydrogen (secondary N) is 1. The number of para-hydroxylation sites is 1. The third-order valence-corrected chi connectivity index (χ3v) is 5.11. The minimum absolute atomic E-state index is 0.0614. The molecule has 4 rings (SSSR count). The van der Waals surface area contributed by atoms with Gasteiger partial charge in [-0.2, -0.15) is 0 Å². The second-order valence-electron chi connectivity index (χ2n) is 6.76. The molecule has 0 saturated heterocycles. The summed E-state index contributed by atoms with van der Waals surface area (Å²) in [6.45, 7) is 4.92. The summed E-state index contributed by atoms with van der Waals surface area (Å²) >= 11 is 0. The van der Waals surface area contributed by atoms with Crippen LogP contribution in [0.15, 0.2) is 54.6 Å². The van der Waals surface area contributed by atoms with E-state index in [0.717, 1.165) is 24.0 Å². The molecular formula is C22H22N2O. The maximum Gasteiger partial charge on any atom is 0.247 e. The topological polar surface area (TPSA) is 36.1 Å². The lowest BCUT2D eigenvalue weighted by atomic mass is 9.98. The summed E-state index contributed by atoms with van der Waals surface area (Å²) in [4.78, 5) is 18.2. The first-order valence-corrected chi connectivity index (χ1v) is 8.78. The van der Waals surface area contributed by atoms with Crippen molar-refractivity contribution in [2.75, 3.05) is 6.54 Å². The molecule has 1 aromatic heterocycles. The Morgan fingerprint density at radius 1 is 1.16 bits per heavy atom. The molecule has 1 N–H and O–H groups in total. The van der Waals surface area contributed by atoms with Crippen molar-refractivity contribution in [3.63, 3.8) is 0 Å². The molecular weight excluding hydrogens is 308 g/mol. The Balaban J connectivity index is 1.57. The summed E-state index contributed by atoms with van der Waals surface area (Å²) in [5, 5.41) is 1.28. The number of rotatable bonds is 2. The Labute approximate surface area is 148 Å². The Morgan fingerprint density at radius 3 is 2.72 bits per heavy atom. The van der Waals surface area contributed by atoms with Crippen LogP contribution in [0.1, 0.15) is 35.3 Å². The van der Waals surface area contributed by atoms with Gasteiger partial charge in [0, 0.05) is 29.2 Å². The number of carbonyl (C=O) groups excluding carboxylic acids is 1. The van der Waals surface area contributed by atoms with E-state index in [-0.39, 0.29) is 11.9 Å². The number of H-pyrrole nitrogens is 1. The van der Waals surface area contributed by atoms with Gasteiger partial charge >= 0.3 is 0 Å². The summed E-state index contributed by atoms with van der Waals surface area (Å²) in [5.74, 6) is 0.0670. The van der Waals surface area contributed by atoms with Gasteiger partial charge in [-0.1, -0.05) is 48.0 Å². The minimum Gasteiger partial charge on any atom is -0.356 e. The molecule has 3 aromatic rings. The van der Waals surface area contributed by atoms with E-state index in [1.54, 1.807) is 6.08 Å². The van der Waals surface area contributed by atoms with Crippen LogP contribution in [0.5, 0.6) is 0 Å². The van der Waals surface area contributed by atoms with Crippen LogP contribution in [0.25, 0.3) is 17.0 Å². The van der Waals surface area contributed by atoms with E-state index in [9.17, 15) is 4.79 Å². The maximum atomic E-state index is 12.7. The van der Waals surface area contributed by atoms with Gasteiger partial charge < -0.3 is 9.88 Å². The van der Waals surface area contributed by atoms with E-state index in [0.29, 0.717) is 0 Å². The zero-order valence-corrected chi connectivity index (χ0v) is 14.6. The number of fused-ring (bicyclic) bond motifs is 3. The molecule has 1 amide bonds. The average molecular weight is 330 g/mol. The molecule has 0 bridgehead atoms. The quantitative estimate of drug-likeness (QED) is 0.683. The molecule has 3 nitrogen and oxygen atoms in total. The Morgan fingerprint density at radius 2 is 1.92 bits per heavy atom. The van der Waals surface area contributed by atoms with Crippen LogP contribution in [-0.4, -0.2) is 22.3 Å². The van der Waals surface area contributed by atoms with Crippen molar-refractivity contribution in [1.82, 2.24) is 9.88 Å². The number of hydrogen-bond acceptors (Lipinski definition) is 1. The zero-order valence-electron chi connectivity index (χ0n) is 14.6. The first kappa shape index (κ1) is 15.7. The number of carbonyl (C=O) groups is 1. The summed E-state index contributed by atoms with van der Waals surface area (Å²) in [7, 11) is 0. The molecule has 0 fully saturated rings. The van der Waals surface area contributed by atoms with E-state index in [1.807, 2.05) is 29.2 Å². The van der Waals surface area contributed by atoms with Crippen molar-refractivity contribution in [2.24, 2.45) is 0 Å². The molecule has 1 atom stereocenters. The van der Waals surface area contributed by atoms with Crippen molar-refractivity contribution < 1.29 is 4.79 Å². The van der Waals surface area contributed by atoms with Crippen LogP contribution < -0.4 is 0 Å². The Hall–Kier alpha value is -2.81. The first-order chi connectivity index (χ1) is 12.1. The van der Waals surface area contributed by atoms with Gasteiger partial charge in [-0.05, 0) is 43.5 Å². The van der Waals surface area contributed by atoms with Crippen LogP contribution in [-0.2, 0) is 11.2 Å². The van der Waals surface area contributed by atoms with Crippen molar-refractivity contribution in [2.45, 2.75) is 26.3 Å². The van der Waals surface area contributed by atoms with Crippen LogP contribution in [0.2, 0.25) is 0 Å². The summed E-state index contributed by atoms with van der Waals surface area (Å²) < 4.78 is 0. The van der Waals surface area contributed by atoms with Gasteiger partial charge in [0.15, 0.2) is 0 Å². The predicted molar refractivity (Wildman–Crippen MR) is 102 cm³/mol. The van der Waals surface area contributed by atoms with Gasteiger partial charge in [0.1, 0.15) is 0 Å². The molecule has 0 spiro atoms. The molecule has 25 heavy (non-hydrogen) atoms. The first-order valence-electron chi connectivity index (χ1n) is 8.78. The molecule has 1 aliphatic rings.